The maximum absolute atomic E-state index is 12.9. The van der Waals surface area contributed by atoms with E-state index in [0.717, 1.165) is 56.1 Å². The van der Waals surface area contributed by atoms with Gasteiger partial charge in [0.15, 0.2) is 0 Å². The Morgan fingerprint density at radius 3 is 1.40 bits per heavy atom. The van der Waals surface area contributed by atoms with Crippen molar-refractivity contribution in [2.75, 3.05) is 46.6 Å². The van der Waals surface area contributed by atoms with E-state index in [2.05, 4.69) is 21.3 Å². The third-order valence-electron chi connectivity index (χ3n) is 9.92. The van der Waals surface area contributed by atoms with Gasteiger partial charge in [0, 0.05) is 60.3 Å². The summed E-state index contributed by atoms with van der Waals surface area (Å²) in [6, 6.07) is 23.4. The van der Waals surface area contributed by atoms with Crippen LogP contribution in [-0.2, 0) is 19.2 Å². The van der Waals surface area contributed by atoms with Gasteiger partial charge in [-0.2, -0.15) is 0 Å². The van der Waals surface area contributed by atoms with Crippen LogP contribution in [0.4, 0.5) is 22.7 Å². The summed E-state index contributed by atoms with van der Waals surface area (Å²) in [6.07, 6.45) is 2.38. The second-order valence-electron chi connectivity index (χ2n) is 13.1. The molecule has 0 bridgehead atoms. The molecule has 2 saturated heterocycles. The van der Waals surface area contributed by atoms with Crippen LogP contribution >= 0.6 is 23.2 Å². The Morgan fingerprint density at radius 1 is 0.580 bits per heavy atom. The monoisotopic (exact) mass is 708 g/mol. The molecule has 2 atom stereocenters. The van der Waals surface area contributed by atoms with Crippen molar-refractivity contribution < 1.29 is 19.2 Å². The van der Waals surface area contributed by atoms with Gasteiger partial charge in [-0.25, -0.2) is 0 Å². The molecule has 10 nitrogen and oxygen atoms in total. The molecule has 4 N–H and O–H groups in total. The quantitative estimate of drug-likeness (QED) is 0.185. The molecule has 4 aromatic carbocycles. The van der Waals surface area contributed by atoms with E-state index in [1.165, 1.54) is 0 Å². The highest BCUT2D eigenvalue weighted by atomic mass is 35.5. The van der Waals surface area contributed by atoms with Gasteiger partial charge in [0.2, 0.25) is 23.6 Å². The third kappa shape index (κ3) is 5.92. The van der Waals surface area contributed by atoms with Gasteiger partial charge in [0.1, 0.15) is 0 Å². The van der Waals surface area contributed by atoms with Gasteiger partial charge in [0.25, 0.3) is 0 Å². The number of hydrogen-bond donors (Lipinski definition) is 4. The third-order valence-corrected chi connectivity index (χ3v) is 10.7. The fourth-order valence-electron chi connectivity index (χ4n) is 7.36. The summed E-state index contributed by atoms with van der Waals surface area (Å²) >= 11 is 14.3. The zero-order valence-electron chi connectivity index (χ0n) is 27.0. The first-order valence-corrected chi connectivity index (χ1v) is 17.5. The first-order chi connectivity index (χ1) is 24.2. The van der Waals surface area contributed by atoms with E-state index < -0.39 is 0 Å². The predicted molar refractivity (Wildman–Crippen MR) is 197 cm³/mol. The smallest absolute Gasteiger partial charge is 0.246 e. The number of amides is 4. The molecular weight excluding hydrogens is 675 g/mol. The van der Waals surface area contributed by atoms with Crippen LogP contribution < -0.4 is 31.1 Å². The van der Waals surface area contributed by atoms with E-state index in [4.69, 9.17) is 23.2 Å². The van der Waals surface area contributed by atoms with Crippen LogP contribution in [0.2, 0.25) is 10.0 Å². The lowest BCUT2D eigenvalue weighted by Gasteiger charge is -2.32. The number of anilines is 4. The largest absolute Gasteiger partial charge is 0.374 e. The van der Waals surface area contributed by atoms with Crippen molar-refractivity contribution in [3.8, 4) is 33.4 Å². The minimum Gasteiger partial charge on any atom is -0.374 e. The zero-order valence-corrected chi connectivity index (χ0v) is 28.5. The topological polar surface area (TPSA) is 123 Å². The Kier molecular flexibility index (Phi) is 8.36. The van der Waals surface area contributed by atoms with Crippen molar-refractivity contribution in [3.05, 3.63) is 82.8 Å². The normalized spacial score (nSPS) is 19.8. The Hall–Kier alpha value is -5.06. The number of nitrogens with one attached hydrogen (secondary N) is 4. The summed E-state index contributed by atoms with van der Waals surface area (Å²) in [5, 5.41) is 13.5. The SMILES string of the molecule is O=C1CC[C@@H](CN2C(=O)CNc3cc(-c4cccc(-c5cccc(-c6ccc7c(c6)NCC(=O)N7C[C@@H]6CCC(=O)N6)c5Cl)c4Cl)ccc32)N1. The molecule has 4 amide bonds. The van der Waals surface area contributed by atoms with Crippen LogP contribution in [0.5, 0.6) is 0 Å². The Balaban J connectivity index is 1.08. The molecule has 4 aromatic rings. The van der Waals surface area contributed by atoms with Gasteiger partial charge in [-0.1, -0.05) is 71.7 Å². The standard InChI is InChI=1S/C38H34Cl2N6O4/c39-37-25(21-7-11-31-29(15-21)41-17-35(49)45(31)19-23-9-13-33(47)43-23)3-1-5-27(37)28-6-2-4-26(38(28)40)22-8-12-32-30(16-22)42-18-36(50)46(32)20-24-10-14-34(48)44-24/h1-8,11-12,15-16,23-24,41-42H,9-10,13-14,17-20H2,(H,43,47)(H,44,48)/t23-,24-/m0/s1. The number of rotatable bonds is 7. The van der Waals surface area contributed by atoms with Crippen LogP contribution in [-0.4, -0.2) is 61.9 Å². The molecule has 50 heavy (non-hydrogen) atoms. The van der Waals surface area contributed by atoms with E-state index in [1.807, 2.05) is 72.8 Å². The molecule has 12 heteroatoms. The van der Waals surface area contributed by atoms with Gasteiger partial charge in [0.05, 0.1) is 45.9 Å². The van der Waals surface area contributed by atoms with Crippen LogP contribution in [0.3, 0.4) is 0 Å². The molecule has 254 valence electrons. The average Bonchev–Trinajstić information content (AvgIpc) is 3.73. The second-order valence-corrected chi connectivity index (χ2v) is 13.9. The summed E-state index contributed by atoms with van der Waals surface area (Å²) in [4.78, 5) is 52.7. The van der Waals surface area contributed by atoms with Gasteiger partial charge in [-0.05, 0) is 48.2 Å². The van der Waals surface area contributed by atoms with Crippen molar-refractivity contribution in [3.63, 3.8) is 0 Å². The van der Waals surface area contributed by atoms with E-state index in [9.17, 15) is 19.2 Å². The summed E-state index contributed by atoms with van der Waals surface area (Å²) in [7, 11) is 0. The number of carbonyl (C=O) groups excluding carboxylic acids is 4. The zero-order chi connectivity index (χ0) is 34.5. The predicted octanol–water partition coefficient (Wildman–Crippen LogP) is 6.07. The lowest BCUT2D eigenvalue weighted by Crippen LogP contribution is -2.46. The average molecular weight is 710 g/mol. The molecule has 0 spiro atoms. The fraction of sp³-hybridized carbons (Fsp3) is 0.263. The molecule has 8 rings (SSSR count). The van der Waals surface area contributed by atoms with E-state index >= 15 is 0 Å². The molecule has 0 aromatic heterocycles. The second kappa shape index (κ2) is 13.0. The molecule has 0 unspecified atom stereocenters. The fourth-order valence-corrected chi connectivity index (χ4v) is 8.03. The van der Waals surface area contributed by atoms with E-state index in [1.54, 1.807) is 9.80 Å². The van der Waals surface area contributed by atoms with Gasteiger partial charge >= 0.3 is 0 Å². The minimum atomic E-state index is -0.0626. The minimum absolute atomic E-state index is 0.0187. The van der Waals surface area contributed by atoms with Gasteiger partial charge in [-0.3, -0.25) is 19.2 Å². The van der Waals surface area contributed by atoms with Crippen molar-refractivity contribution in [1.82, 2.24) is 10.6 Å². The first-order valence-electron chi connectivity index (χ1n) is 16.8. The number of nitrogens with zero attached hydrogens (tertiary/aromatic N) is 2. The van der Waals surface area contributed by atoms with Crippen LogP contribution in [0.25, 0.3) is 33.4 Å². The van der Waals surface area contributed by atoms with Crippen molar-refractivity contribution in [2.24, 2.45) is 0 Å². The molecule has 4 aliphatic rings. The summed E-state index contributed by atoms with van der Waals surface area (Å²) < 4.78 is 0. The summed E-state index contributed by atoms with van der Waals surface area (Å²) in [5.74, 6) is -0.0449. The lowest BCUT2D eigenvalue weighted by molar-refractivity contribution is -0.120. The van der Waals surface area contributed by atoms with Crippen LogP contribution in [0.15, 0.2) is 72.8 Å². The molecule has 0 radical (unpaired) electrons. The summed E-state index contributed by atoms with van der Waals surface area (Å²) in [6.45, 7) is 1.19. The molecule has 2 fully saturated rings. The van der Waals surface area contributed by atoms with Gasteiger partial charge < -0.3 is 31.1 Å². The van der Waals surface area contributed by atoms with Crippen molar-refractivity contribution >= 4 is 69.6 Å². The maximum Gasteiger partial charge on any atom is 0.246 e. The molecule has 0 aliphatic carbocycles. The summed E-state index contributed by atoms with van der Waals surface area (Å²) in [5.41, 5.74) is 8.16. The molecular formula is C38H34Cl2N6O4. The van der Waals surface area contributed by atoms with Crippen LogP contribution in [0.1, 0.15) is 25.7 Å². The molecule has 4 heterocycles. The molecule has 4 aliphatic heterocycles. The highest BCUT2D eigenvalue weighted by molar-refractivity contribution is 6.39. The Bertz CT molecular complexity index is 1940. The first kappa shape index (κ1) is 32.2. The highest BCUT2D eigenvalue weighted by Crippen LogP contribution is 2.45. The van der Waals surface area contributed by atoms with E-state index in [-0.39, 0.29) is 48.8 Å². The Morgan fingerprint density at radius 2 is 1.00 bits per heavy atom. The molecule has 0 saturated carbocycles. The number of benzene rings is 4. The highest BCUT2D eigenvalue weighted by Gasteiger charge is 2.32. The number of halogens is 2. The van der Waals surface area contributed by atoms with E-state index in [0.29, 0.717) is 48.8 Å². The lowest BCUT2D eigenvalue weighted by atomic mass is 9.94. The van der Waals surface area contributed by atoms with Crippen molar-refractivity contribution in [1.29, 1.82) is 0 Å². The van der Waals surface area contributed by atoms with Gasteiger partial charge in [-0.15, -0.1) is 0 Å². The Labute approximate surface area is 299 Å². The maximum atomic E-state index is 12.9. The number of fused-ring (bicyclic) bond motifs is 2. The van der Waals surface area contributed by atoms with Crippen LogP contribution in [0, 0.1) is 0 Å². The van der Waals surface area contributed by atoms with Crippen molar-refractivity contribution in [2.45, 2.75) is 37.8 Å². The number of carbonyl (C=O) groups is 4. The number of hydrogen-bond acceptors (Lipinski definition) is 6.